The molecule has 1 spiro atoms. The van der Waals surface area contributed by atoms with E-state index in [9.17, 15) is 19.5 Å². The van der Waals surface area contributed by atoms with Crippen LogP contribution in [0.25, 0.3) is 10.8 Å². The van der Waals surface area contributed by atoms with Crippen LogP contribution in [-0.2, 0) is 25.5 Å². The molecule has 0 radical (unpaired) electrons. The number of aliphatic hydroxyl groups is 1. The highest BCUT2D eigenvalue weighted by Crippen LogP contribution is 2.67. The van der Waals surface area contributed by atoms with E-state index in [4.69, 9.17) is 4.74 Å². The van der Waals surface area contributed by atoms with Crippen LogP contribution in [0.3, 0.4) is 0 Å². The maximum absolute atomic E-state index is 14.9. The number of carbonyl (C=O) groups is 3. The molecule has 0 saturated carbocycles. The number of aliphatic hydroxyl groups excluding tert-OH is 1. The SMILES string of the molecule is C=CCN(C(=O)C1N([C@@H](CO)Cc2ccccc2)C(=O)[C@@H]2[C@H](C(=O)OCC)[C@@H]3CCC12S3)c1ccc2ccccc2c1. The molecule has 3 aliphatic rings. The number of thioether (sulfide) groups is 1. The lowest BCUT2D eigenvalue weighted by Gasteiger charge is -2.39. The summed E-state index contributed by atoms with van der Waals surface area (Å²) in [6.45, 7) is 5.88. The lowest BCUT2D eigenvalue weighted by Crippen LogP contribution is -2.58. The van der Waals surface area contributed by atoms with Crippen LogP contribution in [0, 0.1) is 11.8 Å². The van der Waals surface area contributed by atoms with Crippen LogP contribution in [-0.4, -0.2) is 69.6 Å². The Labute approximate surface area is 250 Å². The largest absolute Gasteiger partial charge is 0.466 e. The lowest BCUT2D eigenvalue weighted by atomic mass is 9.71. The van der Waals surface area contributed by atoms with Gasteiger partial charge in [0.2, 0.25) is 5.91 Å². The molecule has 3 aromatic carbocycles. The zero-order chi connectivity index (χ0) is 29.4. The summed E-state index contributed by atoms with van der Waals surface area (Å²) in [6.07, 6.45) is 3.46. The monoisotopic (exact) mass is 584 g/mol. The number of amides is 2. The second kappa shape index (κ2) is 11.6. The van der Waals surface area contributed by atoms with Crippen LogP contribution in [0.2, 0.25) is 0 Å². The Bertz CT molecular complexity index is 1510. The van der Waals surface area contributed by atoms with E-state index in [0.717, 1.165) is 22.8 Å². The Kier molecular flexibility index (Phi) is 7.85. The number of ether oxygens (including phenoxy) is 1. The highest BCUT2D eigenvalue weighted by molar-refractivity contribution is 8.02. The first-order chi connectivity index (χ1) is 20.4. The fourth-order valence-electron chi connectivity index (χ4n) is 7.35. The van der Waals surface area contributed by atoms with Crippen molar-refractivity contribution in [1.82, 2.24) is 4.90 Å². The average molecular weight is 585 g/mol. The fraction of sp³-hybridized carbons (Fsp3) is 0.382. The number of benzene rings is 3. The zero-order valence-electron chi connectivity index (χ0n) is 23.7. The molecule has 0 aliphatic carbocycles. The maximum Gasteiger partial charge on any atom is 0.310 e. The first-order valence-corrected chi connectivity index (χ1v) is 15.5. The van der Waals surface area contributed by atoms with Gasteiger partial charge in [-0.15, -0.1) is 18.3 Å². The van der Waals surface area contributed by atoms with E-state index in [-0.39, 0.29) is 42.8 Å². The second-order valence-corrected chi connectivity index (χ2v) is 12.9. The lowest BCUT2D eigenvalue weighted by molar-refractivity contribution is -0.154. The molecule has 3 heterocycles. The van der Waals surface area contributed by atoms with Gasteiger partial charge in [0.05, 0.1) is 35.8 Å². The van der Waals surface area contributed by atoms with Gasteiger partial charge in [-0.25, -0.2) is 0 Å². The minimum atomic E-state index is -0.850. The molecule has 7 nitrogen and oxygen atoms in total. The molecule has 2 unspecified atom stereocenters. The van der Waals surface area contributed by atoms with Gasteiger partial charge in [-0.05, 0) is 54.7 Å². The molecule has 3 aliphatic heterocycles. The summed E-state index contributed by atoms with van der Waals surface area (Å²) in [5.74, 6) is -2.12. The minimum absolute atomic E-state index is 0.0781. The van der Waals surface area contributed by atoms with Crippen molar-refractivity contribution < 1.29 is 24.2 Å². The van der Waals surface area contributed by atoms with E-state index in [1.54, 1.807) is 34.6 Å². The second-order valence-electron chi connectivity index (χ2n) is 11.3. The van der Waals surface area contributed by atoms with Crippen molar-refractivity contribution in [1.29, 1.82) is 0 Å². The van der Waals surface area contributed by atoms with E-state index in [0.29, 0.717) is 18.5 Å². The van der Waals surface area contributed by atoms with E-state index in [1.165, 1.54) is 0 Å². The van der Waals surface area contributed by atoms with Gasteiger partial charge in [-0.2, -0.15) is 0 Å². The number of hydrogen-bond acceptors (Lipinski definition) is 6. The number of hydrogen-bond donors (Lipinski definition) is 1. The van der Waals surface area contributed by atoms with Gasteiger partial charge in [0, 0.05) is 17.5 Å². The predicted molar refractivity (Wildman–Crippen MR) is 165 cm³/mol. The summed E-state index contributed by atoms with van der Waals surface area (Å²) in [5.41, 5.74) is 1.68. The van der Waals surface area contributed by atoms with Crippen molar-refractivity contribution >= 4 is 46.0 Å². The first kappa shape index (κ1) is 28.5. The van der Waals surface area contributed by atoms with E-state index in [2.05, 4.69) is 6.58 Å². The number of anilines is 1. The molecule has 0 aromatic heterocycles. The summed E-state index contributed by atoms with van der Waals surface area (Å²) in [7, 11) is 0. The van der Waals surface area contributed by atoms with Gasteiger partial charge in [0.25, 0.3) is 5.91 Å². The summed E-state index contributed by atoms with van der Waals surface area (Å²) < 4.78 is 4.68. The number of carbonyl (C=O) groups excluding carboxylic acids is 3. The molecule has 3 saturated heterocycles. The molecular weight excluding hydrogens is 548 g/mol. The highest BCUT2D eigenvalue weighted by Gasteiger charge is 2.74. The number of esters is 1. The molecule has 1 N–H and O–H groups in total. The summed E-state index contributed by atoms with van der Waals surface area (Å²) in [4.78, 5) is 46.0. The zero-order valence-corrected chi connectivity index (χ0v) is 24.5. The van der Waals surface area contributed by atoms with E-state index in [1.807, 2.05) is 72.8 Å². The minimum Gasteiger partial charge on any atom is -0.466 e. The van der Waals surface area contributed by atoms with Gasteiger partial charge >= 0.3 is 5.97 Å². The van der Waals surface area contributed by atoms with Gasteiger partial charge in [-0.3, -0.25) is 14.4 Å². The molecule has 6 atom stereocenters. The van der Waals surface area contributed by atoms with Crippen molar-refractivity contribution in [3.05, 3.63) is 91.0 Å². The standard InChI is InChI=1S/C34H36N2O5S/c1-3-18-35(25-15-14-23-12-8-9-13-24(23)20-25)32(39)30-34-17-16-27(42-34)28(33(40)41-4-2)29(34)31(38)36(30)26(21-37)19-22-10-6-5-7-11-22/h3,5-15,20,26-30,37H,1,4,16-19,21H2,2H3/t26-,27+,28-,29+,30?,34?/m1/s1. The Morgan fingerprint density at radius 2 is 1.88 bits per heavy atom. The van der Waals surface area contributed by atoms with Crippen molar-refractivity contribution in [2.45, 2.75) is 48.3 Å². The molecule has 218 valence electrons. The van der Waals surface area contributed by atoms with Gasteiger partial charge in [0.15, 0.2) is 0 Å². The Morgan fingerprint density at radius 3 is 2.60 bits per heavy atom. The molecule has 2 amide bonds. The quantitative estimate of drug-likeness (QED) is 0.277. The van der Waals surface area contributed by atoms with Crippen LogP contribution >= 0.6 is 11.8 Å². The van der Waals surface area contributed by atoms with E-state index < -0.39 is 28.7 Å². The molecule has 42 heavy (non-hydrogen) atoms. The smallest absolute Gasteiger partial charge is 0.310 e. The maximum atomic E-state index is 14.9. The molecular formula is C34H36N2O5S. The third-order valence-corrected chi connectivity index (χ3v) is 11.0. The molecule has 3 aromatic rings. The van der Waals surface area contributed by atoms with Crippen LogP contribution < -0.4 is 4.90 Å². The van der Waals surface area contributed by atoms with Crippen LogP contribution in [0.1, 0.15) is 25.3 Å². The number of likely N-dealkylation sites (tertiary alicyclic amines) is 1. The van der Waals surface area contributed by atoms with Crippen molar-refractivity contribution in [2.24, 2.45) is 11.8 Å². The van der Waals surface area contributed by atoms with Gasteiger partial charge in [0.1, 0.15) is 6.04 Å². The summed E-state index contributed by atoms with van der Waals surface area (Å²) in [6, 6.07) is 22.1. The Morgan fingerprint density at radius 1 is 1.14 bits per heavy atom. The Balaban J connectivity index is 1.45. The topological polar surface area (TPSA) is 87.2 Å². The van der Waals surface area contributed by atoms with Crippen molar-refractivity contribution in [3.63, 3.8) is 0 Å². The third kappa shape index (κ3) is 4.61. The molecule has 8 heteroatoms. The van der Waals surface area contributed by atoms with Crippen molar-refractivity contribution in [3.8, 4) is 0 Å². The predicted octanol–water partition coefficient (Wildman–Crippen LogP) is 4.62. The molecule has 2 bridgehead atoms. The first-order valence-electron chi connectivity index (χ1n) is 14.7. The average Bonchev–Trinajstić information content (AvgIpc) is 3.66. The van der Waals surface area contributed by atoms with E-state index >= 15 is 0 Å². The Hall–Kier alpha value is -3.62. The van der Waals surface area contributed by atoms with Gasteiger partial charge in [-0.1, -0.05) is 66.7 Å². The number of nitrogens with zero attached hydrogens (tertiary/aromatic N) is 2. The summed E-state index contributed by atoms with van der Waals surface area (Å²) >= 11 is 1.60. The van der Waals surface area contributed by atoms with Crippen LogP contribution in [0.4, 0.5) is 5.69 Å². The normalized spacial score (nSPS) is 26.7. The number of fused-ring (bicyclic) bond motifs is 2. The fourth-order valence-corrected chi connectivity index (χ4v) is 9.54. The molecule has 3 fully saturated rings. The van der Waals surface area contributed by atoms with Crippen LogP contribution in [0.15, 0.2) is 85.5 Å². The highest BCUT2D eigenvalue weighted by atomic mass is 32.2. The van der Waals surface area contributed by atoms with Crippen molar-refractivity contribution in [2.75, 3.05) is 24.7 Å². The van der Waals surface area contributed by atoms with Crippen LogP contribution in [0.5, 0.6) is 0 Å². The summed E-state index contributed by atoms with van der Waals surface area (Å²) in [5, 5.41) is 12.7. The van der Waals surface area contributed by atoms with Gasteiger partial charge < -0.3 is 19.6 Å². The number of rotatable bonds is 10. The molecule has 6 rings (SSSR count). The third-order valence-electron chi connectivity index (χ3n) is 9.07.